The third-order valence-electron chi connectivity index (χ3n) is 6.71. The summed E-state index contributed by atoms with van der Waals surface area (Å²) >= 11 is 0. The van der Waals surface area contributed by atoms with Gasteiger partial charge in [0.05, 0.1) is 23.0 Å². The van der Waals surface area contributed by atoms with Crippen LogP contribution in [0.1, 0.15) is 73.2 Å². The Kier molecular flexibility index (Phi) is 6.24. The molecule has 2 fully saturated rings. The molecule has 0 bridgehead atoms. The lowest BCUT2D eigenvalue weighted by Crippen LogP contribution is -2.38. The second kappa shape index (κ2) is 8.22. The Morgan fingerprint density at radius 2 is 1.90 bits per heavy atom. The first kappa shape index (κ1) is 22.0. The van der Waals surface area contributed by atoms with E-state index in [4.69, 9.17) is 4.74 Å². The van der Waals surface area contributed by atoms with Crippen LogP contribution in [-0.4, -0.2) is 54.1 Å². The molecule has 1 saturated heterocycles. The average molecular weight is 426 g/mol. The van der Waals surface area contributed by atoms with E-state index in [9.17, 15) is 23.1 Å². The molecule has 0 unspecified atom stereocenters. The highest BCUT2D eigenvalue weighted by atomic mass is 32.2. The molecule has 0 radical (unpaired) electrons. The number of hydrogen-bond acceptors (Lipinski definition) is 6. The maximum Gasteiger partial charge on any atom is 0.312 e. The molecule has 1 atom stereocenters. The number of ketones is 1. The van der Waals surface area contributed by atoms with Crippen molar-refractivity contribution in [1.29, 1.82) is 0 Å². The lowest BCUT2D eigenvalue weighted by Gasteiger charge is -2.35. The number of esters is 1. The van der Waals surface area contributed by atoms with E-state index >= 15 is 0 Å². The van der Waals surface area contributed by atoms with Crippen molar-refractivity contribution >= 4 is 21.6 Å². The minimum Gasteiger partial charge on any atom is -0.457 e. The van der Waals surface area contributed by atoms with Crippen LogP contribution in [-0.2, 0) is 19.4 Å². The molecule has 1 aliphatic carbocycles. The number of nitrogens with zero attached hydrogens (tertiary/aromatic N) is 1. The van der Waals surface area contributed by atoms with Crippen LogP contribution in [0.2, 0.25) is 0 Å². The lowest BCUT2D eigenvalue weighted by atomic mass is 9.71. The Morgan fingerprint density at radius 1 is 1.24 bits per heavy atom. The number of sulfone groups is 1. The van der Waals surface area contributed by atoms with E-state index < -0.39 is 15.3 Å². The Hall–Kier alpha value is -1.67. The maximum absolute atomic E-state index is 12.8. The maximum atomic E-state index is 12.8. The molecule has 1 aromatic rings. The van der Waals surface area contributed by atoms with Gasteiger partial charge in [-0.1, -0.05) is 6.92 Å². The fourth-order valence-corrected chi connectivity index (χ4v) is 6.52. The number of aryl methyl sites for hydroxylation is 1. The van der Waals surface area contributed by atoms with Gasteiger partial charge < -0.3 is 14.4 Å². The molecule has 8 heteroatoms. The fraction of sp³-hybridized carbons (Fsp3) is 0.714. The topological polar surface area (TPSA) is 103 Å². The fourth-order valence-electron chi connectivity index (χ4n) is 4.82. The van der Waals surface area contributed by atoms with Gasteiger partial charge in [-0.2, -0.15) is 0 Å². The van der Waals surface area contributed by atoms with E-state index in [-0.39, 0.29) is 42.0 Å². The highest BCUT2D eigenvalue weighted by Gasteiger charge is 2.41. The number of rotatable bonds is 6. The summed E-state index contributed by atoms with van der Waals surface area (Å²) in [6.45, 7) is 5.28. The molecule has 1 N–H and O–H groups in total. The summed E-state index contributed by atoms with van der Waals surface area (Å²) in [5, 5.41) is 9.72. The molecule has 1 aromatic heterocycles. The van der Waals surface area contributed by atoms with E-state index in [1.807, 2.05) is 25.3 Å². The highest BCUT2D eigenvalue weighted by molar-refractivity contribution is 7.91. The van der Waals surface area contributed by atoms with Crippen molar-refractivity contribution in [3.8, 4) is 0 Å². The number of carbonyl (C=O) groups excluding carboxylic acids is 2. The van der Waals surface area contributed by atoms with Gasteiger partial charge in [-0.25, -0.2) is 8.42 Å². The standard InChI is InChI=1S/C21H31NO6S/c1-4-21(8-5-17(23)6-9-21)20(25)28-12-19(24)18-11-14(2)22(15(18)3)16-7-10-29(26,27)13-16/h11,16-17,23H,4-10,12-13H2,1-3H3/t16-,17?,21?/m0/s1. The molecule has 0 amide bonds. The van der Waals surface area contributed by atoms with E-state index in [2.05, 4.69) is 0 Å². The SMILES string of the molecule is CCC1(C(=O)OCC(=O)c2cc(C)n([C@H]3CCS(=O)(=O)C3)c2C)CCC(O)CC1. The molecule has 7 nitrogen and oxygen atoms in total. The van der Waals surface area contributed by atoms with Gasteiger partial charge in [-0.15, -0.1) is 0 Å². The average Bonchev–Trinajstić information content (AvgIpc) is 3.18. The normalized spacial score (nSPS) is 29.0. The quantitative estimate of drug-likeness (QED) is 0.555. The van der Waals surface area contributed by atoms with Gasteiger partial charge in [-0.3, -0.25) is 9.59 Å². The molecule has 2 heterocycles. The number of carbonyl (C=O) groups is 2. The molecule has 162 valence electrons. The van der Waals surface area contributed by atoms with Crippen molar-refractivity contribution in [2.75, 3.05) is 18.1 Å². The zero-order valence-electron chi connectivity index (χ0n) is 17.4. The van der Waals surface area contributed by atoms with Crippen LogP contribution in [0.3, 0.4) is 0 Å². The summed E-state index contributed by atoms with van der Waals surface area (Å²) in [4.78, 5) is 25.5. The summed E-state index contributed by atoms with van der Waals surface area (Å²) in [5.74, 6) is -0.378. The Labute approximate surface area is 172 Å². The number of ether oxygens (including phenoxy) is 1. The van der Waals surface area contributed by atoms with Gasteiger partial charge in [-0.05, 0) is 58.4 Å². The van der Waals surface area contributed by atoms with Crippen LogP contribution in [0, 0.1) is 19.3 Å². The minimum absolute atomic E-state index is 0.0941. The molecule has 2 aliphatic rings. The van der Waals surface area contributed by atoms with Gasteiger partial charge in [0.1, 0.15) is 0 Å². The number of hydrogen-bond donors (Lipinski definition) is 1. The van der Waals surface area contributed by atoms with Crippen LogP contribution in [0.5, 0.6) is 0 Å². The van der Waals surface area contributed by atoms with Gasteiger partial charge >= 0.3 is 5.97 Å². The van der Waals surface area contributed by atoms with Crippen LogP contribution >= 0.6 is 0 Å². The number of aromatic nitrogens is 1. The molecule has 0 aromatic carbocycles. The number of aliphatic hydroxyl groups excluding tert-OH is 1. The summed E-state index contributed by atoms with van der Waals surface area (Å²) in [5.41, 5.74) is 1.42. The first-order valence-electron chi connectivity index (χ1n) is 10.4. The first-order valence-corrected chi connectivity index (χ1v) is 12.2. The summed E-state index contributed by atoms with van der Waals surface area (Å²) in [7, 11) is -3.03. The zero-order valence-corrected chi connectivity index (χ0v) is 18.3. The summed E-state index contributed by atoms with van der Waals surface area (Å²) < 4.78 is 31.0. The molecule has 3 rings (SSSR count). The van der Waals surface area contributed by atoms with E-state index in [1.54, 1.807) is 6.07 Å². The van der Waals surface area contributed by atoms with E-state index in [0.717, 1.165) is 11.4 Å². The Bertz CT molecular complexity index is 893. The van der Waals surface area contributed by atoms with Gasteiger partial charge in [0.25, 0.3) is 0 Å². The molecular weight excluding hydrogens is 394 g/mol. The Balaban J connectivity index is 1.68. The summed E-state index contributed by atoms with van der Waals surface area (Å²) in [6.07, 6.45) is 3.09. The van der Waals surface area contributed by atoms with Gasteiger partial charge in [0.15, 0.2) is 16.4 Å². The largest absolute Gasteiger partial charge is 0.457 e. The van der Waals surface area contributed by atoms with Gasteiger partial charge in [0, 0.05) is 23.0 Å². The van der Waals surface area contributed by atoms with Crippen molar-refractivity contribution in [1.82, 2.24) is 4.57 Å². The van der Waals surface area contributed by atoms with E-state index in [1.165, 1.54) is 0 Å². The number of aliphatic hydroxyl groups is 1. The monoisotopic (exact) mass is 425 g/mol. The molecule has 29 heavy (non-hydrogen) atoms. The smallest absolute Gasteiger partial charge is 0.312 e. The van der Waals surface area contributed by atoms with Crippen LogP contribution in [0.4, 0.5) is 0 Å². The Morgan fingerprint density at radius 3 is 2.45 bits per heavy atom. The molecule has 0 spiro atoms. The van der Waals surface area contributed by atoms with Crippen LogP contribution in [0.25, 0.3) is 0 Å². The van der Waals surface area contributed by atoms with Gasteiger partial charge in [0.2, 0.25) is 5.78 Å². The predicted octanol–water partition coefficient (Wildman–Crippen LogP) is 2.52. The lowest BCUT2D eigenvalue weighted by molar-refractivity contribution is -0.158. The molecular formula is C21H31NO6S. The number of Topliss-reactive ketones (excluding diaryl/α,β-unsaturated/α-hetero) is 1. The molecule has 1 aliphatic heterocycles. The van der Waals surface area contributed by atoms with Crippen molar-refractivity contribution in [3.63, 3.8) is 0 Å². The van der Waals surface area contributed by atoms with Crippen LogP contribution in [0.15, 0.2) is 6.07 Å². The predicted molar refractivity (Wildman–Crippen MR) is 109 cm³/mol. The highest BCUT2D eigenvalue weighted by Crippen LogP contribution is 2.40. The third-order valence-corrected chi connectivity index (χ3v) is 8.47. The van der Waals surface area contributed by atoms with E-state index in [0.29, 0.717) is 44.1 Å². The third kappa shape index (κ3) is 4.43. The minimum atomic E-state index is -3.03. The van der Waals surface area contributed by atoms with Crippen molar-refractivity contribution < 1.29 is 27.9 Å². The summed E-state index contributed by atoms with van der Waals surface area (Å²) in [6, 6.07) is 1.60. The van der Waals surface area contributed by atoms with Crippen molar-refractivity contribution in [2.45, 2.75) is 71.4 Å². The zero-order chi connectivity index (χ0) is 21.4. The second-order valence-electron chi connectivity index (χ2n) is 8.58. The van der Waals surface area contributed by atoms with Crippen molar-refractivity contribution in [3.05, 3.63) is 23.0 Å². The second-order valence-corrected chi connectivity index (χ2v) is 10.8. The van der Waals surface area contributed by atoms with Crippen molar-refractivity contribution in [2.24, 2.45) is 5.41 Å². The first-order chi connectivity index (χ1) is 13.6. The molecule has 1 saturated carbocycles. The van der Waals surface area contributed by atoms with Crippen LogP contribution < -0.4 is 0 Å².